The molecule has 1 aliphatic carbocycles. The van der Waals surface area contributed by atoms with Crippen molar-refractivity contribution in [1.29, 1.82) is 0 Å². The van der Waals surface area contributed by atoms with Gasteiger partial charge in [0.1, 0.15) is 0 Å². The average molecular weight is 314 g/mol. The largest absolute Gasteiger partial charge is 0.466 e. The number of nitrogens with one attached hydrogen (secondary N) is 1. The SMILES string of the molecule is CCOC(=O)Cc1csc(NC2CCC(SCC)C2)n1. The molecule has 1 aliphatic rings. The monoisotopic (exact) mass is 314 g/mol. The number of carbonyl (C=O) groups is 1. The van der Waals surface area contributed by atoms with E-state index in [1.54, 1.807) is 11.3 Å². The van der Waals surface area contributed by atoms with Gasteiger partial charge >= 0.3 is 5.97 Å². The zero-order valence-corrected chi connectivity index (χ0v) is 13.7. The highest BCUT2D eigenvalue weighted by atomic mass is 32.2. The van der Waals surface area contributed by atoms with E-state index >= 15 is 0 Å². The lowest BCUT2D eigenvalue weighted by molar-refractivity contribution is -0.142. The molecule has 1 fully saturated rings. The minimum Gasteiger partial charge on any atom is -0.466 e. The molecule has 0 amide bonds. The summed E-state index contributed by atoms with van der Waals surface area (Å²) in [5, 5.41) is 7.15. The van der Waals surface area contributed by atoms with Crippen molar-refractivity contribution in [2.75, 3.05) is 17.7 Å². The number of hydrogen-bond donors (Lipinski definition) is 1. The van der Waals surface area contributed by atoms with Crippen LogP contribution in [0.15, 0.2) is 5.38 Å². The van der Waals surface area contributed by atoms with Crippen molar-refractivity contribution >= 4 is 34.2 Å². The molecule has 112 valence electrons. The summed E-state index contributed by atoms with van der Waals surface area (Å²) in [7, 11) is 0. The number of thiazole rings is 1. The normalized spacial score (nSPS) is 21.9. The van der Waals surface area contributed by atoms with Gasteiger partial charge in [-0.25, -0.2) is 4.98 Å². The molecule has 2 unspecified atom stereocenters. The molecule has 6 heteroatoms. The number of ether oxygens (including phenoxy) is 1. The lowest BCUT2D eigenvalue weighted by Gasteiger charge is -2.11. The van der Waals surface area contributed by atoms with Crippen LogP contribution in [0.4, 0.5) is 5.13 Å². The first-order valence-corrected chi connectivity index (χ1v) is 9.12. The van der Waals surface area contributed by atoms with Gasteiger partial charge < -0.3 is 10.1 Å². The van der Waals surface area contributed by atoms with Crippen molar-refractivity contribution in [2.24, 2.45) is 0 Å². The molecule has 0 bridgehead atoms. The fourth-order valence-electron chi connectivity index (χ4n) is 2.45. The van der Waals surface area contributed by atoms with Crippen molar-refractivity contribution in [3.05, 3.63) is 11.1 Å². The highest BCUT2D eigenvalue weighted by Crippen LogP contribution is 2.32. The fourth-order valence-corrected chi connectivity index (χ4v) is 4.38. The first kappa shape index (κ1) is 15.6. The third-order valence-corrected chi connectivity index (χ3v) is 5.35. The van der Waals surface area contributed by atoms with Gasteiger partial charge in [0.25, 0.3) is 0 Å². The Kier molecular flexibility index (Phi) is 6.16. The maximum absolute atomic E-state index is 11.4. The number of carbonyl (C=O) groups excluding carboxylic acids is 1. The molecule has 2 rings (SSSR count). The molecule has 1 aromatic heterocycles. The number of esters is 1. The Balaban J connectivity index is 1.80. The quantitative estimate of drug-likeness (QED) is 0.782. The molecule has 2 atom stereocenters. The molecular weight excluding hydrogens is 292 g/mol. The summed E-state index contributed by atoms with van der Waals surface area (Å²) in [4.78, 5) is 15.9. The van der Waals surface area contributed by atoms with Crippen LogP contribution in [0.2, 0.25) is 0 Å². The molecule has 0 radical (unpaired) electrons. The van der Waals surface area contributed by atoms with Gasteiger partial charge in [0, 0.05) is 16.7 Å². The second kappa shape index (κ2) is 7.88. The van der Waals surface area contributed by atoms with Gasteiger partial charge in [-0.05, 0) is 31.9 Å². The zero-order valence-electron chi connectivity index (χ0n) is 12.1. The summed E-state index contributed by atoms with van der Waals surface area (Å²) in [5.41, 5.74) is 0.799. The molecule has 4 nitrogen and oxygen atoms in total. The second-order valence-corrected chi connectivity index (χ2v) is 7.29. The molecule has 0 aliphatic heterocycles. The van der Waals surface area contributed by atoms with E-state index in [0.717, 1.165) is 16.1 Å². The van der Waals surface area contributed by atoms with Gasteiger partial charge in [0.2, 0.25) is 0 Å². The van der Waals surface area contributed by atoms with Crippen LogP contribution in [-0.4, -0.2) is 34.6 Å². The number of hydrogen-bond acceptors (Lipinski definition) is 6. The Hall–Kier alpha value is -0.750. The van der Waals surface area contributed by atoms with E-state index in [1.807, 2.05) is 12.3 Å². The van der Waals surface area contributed by atoms with E-state index in [9.17, 15) is 4.79 Å². The molecule has 0 saturated heterocycles. The van der Waals surface area contributed by atoms with E-state index in [2.05, 4.69) is 29.0 Å². The lowest BCUT2D eigenvalue weighted by atomic mass is 10.3. The van der Waals surface area contributed by atoms with Crippen molar-refractivity contribution < 1.29 is 9.53 Å². The molecular formula is C14H22N2O2S2. The summed E-state index contributed by atoms with van der Waals surface area (Å²) in [6.07, 6.45) is 3.98. The fraction of sp³-hybridized carbons (Fsp3) is 0.714. The van der Waals surface area contributed by atoms with Crippen LogP contribution in [0.5, 0.6) is 0 Å². The number of nitrogens with zero attached hydrogens (tertiary/aromatic N) is 1. The molecule has 1 N–H and O–H groups in total. The first-order chi connectivity index (χ1) is 9.71. The van der Waals surface area contributed by atoms with Crippen molar-refractivity contribution in [2.45, 2.75) is 50.8 Å². The maximum atomic E-state index is 11.4. The molecule has 1 heterocycles. The predicted octanol–water partition coefficient (Wildman–Crippen LogP) is 3.33. The molecule has 0 aromatic carbocycles. The summed E-state index contributed by atoms with van der Waals surface area (Å²) in [5.74, 6) is 0.989. The Morgan fingerprint density at radius 3 is 3.15 bits per heavy atom. The minimum absolute atomic E-state index is 0.204. The maximum Gasteiger partial charge on any atom is 0.311 e. The van der Waals surface area contributed by atoms with Gasteiger partial charge in [-0.15, -0.1) is 11.3 Å². The van der Waals surface area contributed by atoms with Gasteiger partial charge in [0.05, 0.1) is 18.7 Å². The topological polar surface area (TPSA) is 51.2 Å². The van der Waals surface area contributed by atoms with E-state index in [-0.39, 0.29) is 12.4 Å². The Bertz CT molecular complexity index is 437. The number of rotatable bonds is 7. The number of aromatic nitrogens is 1. The van der Waals surface area contributed by atoms with Crippen LogP contribution >= 0.6 is 23.1 Å². The highest BCUT2D eigenvalue weighted by molar-refractivity contribution is 7.99. The number of anilines is 1. The van der Waals surface area contributed by atoms with Crippen LogP contribution in [0.25, 0.3) is 0 Å². The average Bonchev–Trinajstić information content (AvgIpc) is 3.01. The second-order valence-electron chi connectivity index (χ2n) is 4.86. The van der Waals surface area contributed by atoms with Crippen LogP contribution in [-0.2, 0) is 16.0 Å². The van der Waals surface area contributed by atoms with Crippen LogP contribution in [0.1, 0.15) is 38.8 Å². The molecule has 1 saturated carbocycles. The van der Waals surface area contributed by atoms with Gasteiger partial charge in [0.15, 0.2) is 5.13 Å². The van der Waals surface area contributed by atoms with Gasteiger partial charge in [-0.2, -0.15) is 11.8 Å². The van der Waals surface area contributed by atoms with Crippen LogP contribution in [0.3, 0.4) is 0 Å². The Morgan fingerprint density at radius 1 is 1.55 bits per heavy atom. The summed E-state index contributed by atoms with van der Waals surface area (Å²) < 4.78 is 4.93. The van der Waals surface area contributed by atoms with E-state index < -0.39 is 0 Å². The van der Waals surface area contributed by atoms with Crippen molar-refractivity contribution in [1.82, 2.24) is 4.98 Å². The summed E-state index contributed by atoms with van der Waals surface area (Å²) >= 11 is 3.63. The van der Waals surface area contributed by atoms with Crippen molar-refractivity contribution in [3.8, 4) is 0 Å². The lowest BCUT2D eigenvalue weighted by Crippen LogP contribution is -2.16. The van der Waals surface area contributed by atoms with E-state index in [4.69, 9.17) is 4.74 Å². The number of thioether (sulfide) groups is 1. The molecule has 1 aromatic rings. The Labute approximate surface area is 128 Å². The third-order valence-electron chi connectivity index (χ3n) is 3.30. The standard InChI is InChI=1S/C14H22N2O2S2/c1-3-18-13(17)8-11-9-20-14(16-11)15-10-5-6-12(7-10)19-4-2/h9-10,12H,3-8H2,1-2H3,(H,15,16). The Morgan fingerprint density at radius 2 is 2.40 bits per heavy atom. The van der Waals surface area contributed by atoms with Gasteiger partial charge in [-0.3, -0.25) is 4.79 Å². The summed E-state index contributed by atoms with van der Waals surface area (Å²) in [6.45, 7) is 4.46. The zero-order chi connectivity index (χ0) is 14.4. The predicted molar refractivity (Wildman–Crippen MR) is 85.6 cm³/mol. The van der Waals surface area contributed by atoms with Gasteiger partial charge in [-0.1, -0.05) is 6.92 Å². The van der Waals surface area contributed by atoms with E-state index in [1.165, 1.54) is 25.0 Å². The smallest absolute Gasteiger partial charge is 0.311 e. The highest BCUT2D eigenvalue weighted by Gasteiger charge is 2.25. The van der Waals surface area contributed by atoms with Crippen molar-refractivity contribution in [3.63, 3.8) is 0 Å². The van der Waals surface area contributed by atoms with E-state index in [0.29, 0.717) is 12.6 Å². The molecule has 0 spiro atoms. The van der Waals surface area contributed by atoms with Crippen LogP contribution < -0.4 is 5.32 Å². The van der Waals surface area contributed by atoms with Crippen LogP contribution in [0, 0.1) is 0 Å². The minimum atomic E-state index is -0.204. The first-order valence-electron chi connectivity index (χ1n) is 7.19. The third kappa shape index (κ3) is 4.66. The molecule has 20 heavy (non-hydrogen) atoms. The summed E-state index contributed by atoms with van der Waals surface area (Å²) in [6, 6.07) is 0.528.